The molecule has 3 heterocycles. The zero-order valence-electron chi connectivity index (χ0n) is 21.4. The molecule has 7 nitrogen and oxygen atoms in total. The monoisotopic (exact) mass is 692 g/mol. The minimum atomic E-state index is -0.615. The second-order valence-electron chi connectivity index (χ2n) is 10.6. The number of amides is 2. The van der Waals surface area contributed by atoms with Crippen LogP contribution in [0, 0.1) is 23.7 Å². The Morgan fingerprint density at radius 3 is 2.27 bits per heavy atom. The van der Waals surface area contributed by atoms with Crippen LogP contribution in [-0.4, -0.2) is 44.8 Å². The van der Waals surface area contributed by atoms with Crippen LogP contribution in [0.3, 0.4) is 0 Å². The molecular weight excluding hydrogens is 672 g/mol. The van der Waals surface area contributed by atoms with Crippen molar-refractivity contribution in [3.8, 4) is 11.3 Å². The van der Waals surface area contributed by atoms with Crippen LogP contribution in [0.1, 0.15) is 26.5 Å². The summed E-state index contributed by atoms with van der Waals surface area (Å²) in [5, 5.41) is 2.41. The molecule has 0 radical (unpaired) electrons. The molecule has 2 aliphatic carbocycles. The third-order valence-corrected chi connectivity index (χ3v) is 12.6. The summed E-state index contributed by atoms with van der Waals surface area (Å²) < 4.78 is 5.40. The van der Waals surface area contributed by atoms with Gasteiger partial charge in [0.1, 0.15) is 0 Å². The van der Waals surface area contributed by atoms with Crippen LogP contribution in [0.25, 0.3) is 22.2 Å². The molecule has 4 aromatic rings. The quantitative estimate of drug-likeness (QED) is 0.102. The topological polar surface area (TPSA) is 93.6 Å². The first-order valence-electron chi connectivity index (χ1n) is 13.2. The molecule has 0 N–H and O–H groups in total. The van der Waals surface area contributed by atoms with Crippen LogP contribution < -0.4 is 4.90 Å². The molecule has 1 saturated heterocycles. The highest BCUT2D eigenvalue weighted by atomic mass is 79.9. The van der Waals surface area contributed by atoms with Crippen molar-refractivity contribution in [2.45, 2.75) is 16.1 Å². The van der Waals surface area contributed by atoms with Gasteiger partial charge in [-0.15, -0.1) is 11.3 Å². The van der Waals surface area contributed by atoms with Crippen molar-refractivity contribution in [1.82, 2.24) is 4.98 Å². The van der Waals surface area contributed by atoms with E-state index >= 15 is 0 Å². The number of carbonyl (C=O) groups is 4. The van der Waals surface area contributed by atoms with Crippen molar-refractivity contribution in [2.24, 2.45) is 23.7 Å². The number of pyridine rings is 1. The number of imide groups is 1. The van der Waals surface area contributed by atoms with Crippen molar-refractivity contribution in [1.29, 1.82) is 0 Å². The van der Waals surface area contributed by atoms with Gasteiger partial charge >= 0.3 is 5.97 Å². The molecule has 7 rings (SSSR count). The molecule has 3 fully saturated rings. The molecule has 1 aliphatic heterocycles. The number of hydrogen-bond donors (Lipinski definition) is 0. The van der Waals surface area contributed by atoms with E-state index in [9.17, 15) is 19.2 Å². The lowest BCUT2D eigenvalue weighted by atomic mass is 9.81. The smallest absolute Gasteiger partial charge is 0.339 e. The molecule has 2 aromatic carbocycles. The van der Waals surface area contributed by atoms with E-state index in [0.29, 0.717) is 38.3 Å². The number of alkyl halides is 2. The highest BCUT2D eigenvalue weighted by Crippen LogP contribution is 2.60. The number of ketones is 1. The van der Waals surface area contributed by atoms with Gasteiger partial charge in [0, 0.05) is 20.6 Å². The Balaban J connectivity index is 1.16. The van der Waals surface area contributed by atoms with Crippen molar-refractivity contribution < 1.29 is 23.9 Å². The number of rotatable bonds is 6. The lowest BCUT2D eigenvalue weighted by Gasteiger charge is -2.28. The SMILES string of the molecule is O=C(COC(=O)c1cc(-c2ccc(N3C(=O)C4C5CC(C(Br)C5Br)C4C3=O)cc2)nc2ccccc12)c1cccs1. The van der Waals surface area contributed by atoms with Gasteiger partial charge in [0.25, 0.3) is 0 Å². The Bertz CT molecular complexity index is 1690. The normalized spacial score (nSPS) is 26.5. The maximum Gasteiger partial charge on any atom is 0.339 e. The van der Waals surface area contributed by atoms with E-state index < -0.39 is 5.97 Å². The minimum absolute atomic E-state index is 0.130. The number of halogens is 2. The van der Waals surface area contributed by atoms with E-state index in [0.717, 1.165) is 6.42 Å². The number of fused-ring (bicyclic) bond motifs is 6. The maximum atomic E-state index is 13.4. The predicted octanol–water partition coefficient (Wildman–Crippen LogP) is 6.29. The molecular formula is C31H22Br2N2O5S. The summed E-state index contributed by atoms with van der Waals surface area (Å²) in [5.74, 6) is -1.41. The first-order valence-corrected chi connectivity index (χ1v) is 15.9. The summed E-state index contributed by atoms with van der Waals surface area (Å²) in [4.78, 5) is 59.3. The molecule has 206 valence electrons. The molecule has 2 aromatic heterocycles. The average Bonchev–Trinajstić information content (AvgIpc) is 3.77. The number of hydrogen-bond acceptors (Lipinski definition) is 7. The van der Waals surface area contributed by atoms with Crippen molar-refractivity contribution in [3.05, 3.63) is 82.6 Å². The van der Waals surface area contributed by atoms with Crippen molar-refractivity contribution in [3.63, 3.8) is 0 Å². The van der Waals surface area contributed by atoms with E-state index in [1.165, 1.54) is 16.2 Å². The van der Waals surface area contributed by atoms with E-state index in [1.54, 1.807) is 53.9 Å². The van der Waals surface area contributed by atoms with Crippen LogP contribution in [0.15, 0.2) is 72.1 Å². The van der Waals surface area contributed by atoms with Gasteiger partial charge in [-0.05, 0) is 54.0 Å². The number of anilines is 1. The second kappa shape index (κ2) is 10.3. The zero-order chi connectivity index (χ0) is 28.4. The standard InChI is InChI=1S/C31H22Br2N2O5S/c32-27-19-12-20(28(27)33)26-25(19)29(37)35(30(26)38)16-9-7-15(8-10-16)22-13-18(17-4-1-2-5-21(17)34-22)31(39)40-14-23(36)24-6-3-11-41-24/h1-11,13,19-20,25-28H,12,14H2. The lowest BCUT2D eigenvalue weighted by molar-refractivity contribution is -0.123. The Hall–Kier alpha value is -3.21. The molecule has 10 heteroatoms. The average molecular weight is 694 g/mol. The fourth-order valence-electron chi connectivity index (χ4n) is 6.59. The number of nitrogens with zero attached hydrogens (tertiary/aromatic N) is 2. The third kappa shape index (κ3) is 4.30. The molecule has 3 aliphatic rings. The van der Waals surface area contributed by atoms with Crippen LogP contribution in [0.4, 0.5) is 5.69 Å². The molecule has 6 atom stereocenters. The molecule has 2 saturated carbocycles. The molecule has 2 amide bonds. The van der Waals surface area contributed by atoms with E-state index in [4.69, 9.17) is 9.72 Å². The first kappa shape index (κ1) is 26.7. The van der Waals surface area contributed by atoms with Gasteiger partial charge in [-0.3, -0.25) is 19.3 Å². The highest BCUT2D eigenvalue weighted by Gasteiger charge is 2.66. The number of Topliss-reactive ketones (excluding diaryl/α,β-unsaturated/α-hetero) is 1. The van der Waals surface area contributed by atoms with Crippen LogP contribution >= 0.6 is 43.2 Å². The van der Waals surface area contributed by atoms with Crippen LogP contribution in [0.2, 0.25) is 0 Å². The number of aromatic nitrogens is 1. The third-order valence-electron chi connectivity index (χ3n) is 8.47. The number of esters is 1. The number of carbonyl (C=O) groups excluding carboxylic acids is 4. The van der Waals surface area contributed by atoms with E-state index in [-0.39, 0.29) is 57.5 Å². The second-order valence-corrected chi connectivity index (χ2v) is 13.7. The Kier molecular flexibility index (Phi) is 6.67. The maximum absolute atomic E-state index is 13.4. The van der Waals surface area contributed by atoms with Gasteiger partial charge in [0.15, 0.2) is 6.61 Å². The largest absolute Gasteiger partial charge is 0.454 e. The molecule has 6 unspecified atom stereocenters. The van der Waals surface area contributed by atoms with E-state index in [1.807, 2.05) is 18.2 Å². The fourth-order valence-corrected chi connectivity index (χ4v) is 9.12. The van der Waals surface area contributed by atoms with Gasteiger partial charge < -0.3 is 4.74 Å². The van der Waals surface area contributed by atoms with Gasteiger partial charge in [-0.1, -0.05) is 68.3 Å². The number of para-hydroxylation sites is 1. The summed E-state index contributed by atoms with van der Waals surface area (Å²) in [6, 6.07) is 19.5. The number of benzene rings is 2. The summed E-state index contributed by atoms with van der Waals surface area (Å²) >= 11 is 8.76. The Morgan fingerprint density at radius 1 is 0.927 bits per heavy atom. The van der Waals surface area contributed by atoms with Crippen molar-refractivity contribution in [2.75, 3.05) is 11.5 Å². The molecule has 41 heavy (non-hydrogen) atoms. The van der Waals surface area contributed by atoms with Crippen LogP contribution in [-0.2, 0) is 14.3 Å². The van der Waals surface area contributed by atoms with Gasteiger partial charge in [-0.25, -0.2) is 9.78 Å². The van der Waals surface area contributed by atoms with E-state index in [2.05, 4.69) is 31.9 Å². The lowest BCUT2D eigenvalue weighted by Crippen LogP contribution is -2.37. The summed E-state index contributed by atoms with van der Waals surface area (Å²) in [6.45, 7) is -0.354. The molecule has 2 bridgehead atoms. The summed E-state index contributed by atoms with van der Waals surface area (Å²) in [7, 11) is 0. The van der Waals surface area contributed by atoms with Crippen LogP contribution in [0.5, 0.6) is 0 Å². The predicted molar refractivity (Wildman–Crippen MR) is 163 cm³/mol. The molecule has 0 spiro atoms. The summed E-state index contributed by atoms with van der Waals surface area (Å²) in [5.41, 5.74) is 2.68. The van der Waals surface area contributed by atoms with Gasteiger partial charge in [0.05, 0.1) is 39.2 Å². The zero-order valence-corrected chi connectivity index (χ0v) is 25.4. The van der Waals surface area contributed by atoms with Crippen molar-refractivity contribution >= 4 is 83.4 Å². The van der Waals surface area contributed by atoms with Gasteiger partial charge in [0.2, 0.25) is 17.6 Å². The minimum Gasteiger partial charge on any atom is -0.454 e. The van der Waals surface area contributed by atoms with Gasteiger partial charge in [-0.2, -0.15) is 0 Å². The highest BCUT2D eigenvalue weighted by molar-refractivity contribution is 9.12. The summed E-state index contributed by atoms with van der Waals surface area (Å²) in [6.07, 6.45) is 0.881. The number of ether oxygens (including phenoxy) is 1. The fraction of sp³-hybridized carbons (Fsp3) is 0.258. The Labute approximate surface area is 256 Å². The Morgan fingerprint density at radius 2 is 1.61 bits per heavy atom. The first-order chi connectivity index (χ1) is 19.8. The number of thiophene rings is 1.